The number of nitrogens with two attached hydrogens (primary N) is 1. The summed E-state index contributed by atoms with van der Waals surface area (Å²) in [5, 5.41) is 0. The van der Waals surface area contributed by atoms with E-state index < -0.39 is 17.7 Å². The molecule has 22 heavy (non-hydrogen) atoms. The number of halogens is 3. The number of amides is 1. The second-order valence-corrected chi connectivity index (χ2v) is 5.93. The number of alkyl halides is 3. The number of rotatable bonds is 3. The topological polar surface area (TPSA) is 46.3 Å². The van der Waals surface area contributed by atoms with E-state index in [9.17, 15) is 18.0 Å². The van der Waals surface area contributed by atoms with Crippen LogP contribution >= 0.6 is 0 Å². The van der Waals surface area contributed by atoms with Crippen LogP contribution in [-0.4, -0.2) is 29.9 Å². The Kier molecular flexibility index (Phi) is 5.11. The average molecular weight is 314 g/mol. The van der Waals surface area contributed by atoms with Crippen molar-refractivity contribution in [3.8, 4) is 0 Å². The van der Waals surface area contributed by atoms with E-state index in [0.29, 0.717) is 13.1 Å². The predicted octanol–water partition coefficient (Wildman–Crippen LogP) is 3.15. The van der Waals surface area contributed by atoms with E-state index in [4.69, 9.17) is 5.73 Å². The highest BCUT2D eigenvalue weighted by atomic mass is 19.4. The van der Waals surface area contributed by atoms with Crippen LogP contribution in [0.1, 0.15) is 43.2 Å². The zero-order valence-electron chi connectivity index (χ0n) is 12.6. The van der Waals surface area contributed by atoms with E-state index in [1.807, 2.05) is 0 Å². The van der Waals surface area contributed by atoms with Crippen molar-refractivity contribution in [2.75, 3.05) is 13.1 Å². The van der Waals surface area contributed by atoms with Crippen molar-refractivity contribution in [1.82, 2.24) is 4.90 Å². The van der Waals surface area contributed by atoms with E-state index in [1.54, 1.807) is 17.9 Å². The molecular formula is C16H21F3N2O. The first kappa shape index (κ1) is 16.8. The molecule has 0 spiro atoms. The van der Waals surface area contributed by atoms with Crippen LogP contribution in [0.25, 0.3) is 0 Å². The summed E-state index contributed by atoms with van der Waals surface area (Å²) in [6, 6.07) is 5.42. The molecule has 1 aromatic carbocycles. The van der Waals surface area contributed by atoms with Crippen molar-refractivity contribution in [3.05, 3.63) is 35.4 Å². The lowest BCUT2D eigenvalue weighted by molar-refractivity contribution is -0.139. The Labute approximate surface area is 128 Å². The van der Waals surface area contributed by atoms with Gasteiger partial charge in [-0.05, 0) is 30.4 Å². The molecule has 0 aliphatic carbocycles. The van der Waals surface area contributed by atoms with E-state index in [0.717, 1.165) is 18.9 Å². The smallest absolute Gasteiger partial charge is 0.341 e. The third kappa shape index (κ3) is 4.00. The fourth-order valence-electron chi connectivity index (χ4n) is 2.92. The minimum Gasteiger partial charge on any atom is -0.341 e. The van der Waals surface area contributed by atoms with Gasteiger partial charge < -0.3 is 10.6 Å². The molecule has 0 saturated carbocycles. The molecule has 1 heterocycles. The van der Waals surface area contributed by atoms with E-state index in [-0.39, 0.29) is 23.9 Å². The molecule has 2 atom stereocenters. The highest BCUT2D eigenvalue weighted by Gasteiger charge is 2.34. The van der Waals surface area contributed by atoms with Crippen LogP contribution in [0, 0.1) is 0 Å². The molecule has 1 fully saturated rings. The second-order valence-electron chi connectivity index (χ2n) is 5.93. The molecule has 1 amide bonds. The zero-order valence-corrected chi connectivity index (χ0v) is 12.6. The molecule has 1 aliphatic rings. The average Bonchev–Trinajstić information content (AvgIpc) is 2.46. The van der Waals surface area contributed by atoms with Gasteiger partial charge in [-0.2, -0.15) is 13.2 Å². The fraction of sp³-hybridized carbons (Fsp3) is 0.562. The molecule has 3 nitrogen and oxygen atoms in total. The summed E-state index contributed by atoms with van der Waals surface area (Å²) >= 11 is 0. The molecule has 2 rings (SSSR count). The van der Waals surface area contributed by atoms with Crippen molar-refractivity contribution in [3.63, 3.8) is 0 Å². The standard InChI is InChI=1S/C16H21F3N2O/c1-11(9-15(22)21-8-4-5-12(20)10-21)13-6-2-3-7-14(13)16(17,18)19/h2-3,6-7,11-12H,4-5,8-10,20H2,1H3/t11-,12-/m1/s1. The molecule has 0 bridgehead atoms. The van der Waals surface area contributed by atoms with E-state index in [1.165, 1.54) is 12.1 Å². The molecule has 1 saturated heterocycles. The number of carbonyl (C=O) groups is 1. The van der Waals surface area contributed by atoms with Crippen LogP contribution < -0.4 is 5.73 Å². The summed E-state index contributed by atoms with van der Waals surface area (Å²) in [4.78, 5) is 13.9. The Morgan fingerprint density at radius 3 is 2.73 bits per heavy atom. The number of hydrogen-bond donors (Lipinski definition) is 1. The highest BCUT2D eigenvalue weighted by Crippen LogP contribution is 2.36. The largest absolute Gasteiger partial charge is 0.416 e. The Bertz CT molecular complexity index is 530. The highest BCUT2D eigenvalue weighted by molar-refractivity contribution is 5.77. The van der Waals surface area contributed by atoms with Crippen LogP contribution in [0.3, 0.4) is 0 Å². The van der Waals surface area contributed by atoms with Gasteiger partial charge in [0.15, 0.2) is 0 Å². The summed E-state index contributed by atoms with van der Waals surface area (Å²) in [5.41, 5.74) is 5.35. The van der Waals surface area contributed by atoms with E-state index in [2.05, 4.69) is 0 Å². The van der Waals surface area contributed by atoms with Gasteiger partial charge in [0.25, 0.3) is 0 Å². The number of piperidine rings is 1. The summed E-state index contributed by atoms with van der Waals surface area (Å²) in [6.07, 6.45) is -2.60. The lowest BCUT2D eigenvalue weighted by Gasteiger charge is -2.31. The second kappa shape index (κ2) is 6.69. The minimum atomic E-state index is -4.40. The quantitative estimate of drug-likeness (QED) is 0.931. The van der Waals surface area contributed by atoms with Crippen LogP contribution in [-0.2, 0) is 11.0 Å². The van der Waals surface area contributed by atoms with Crippen LogP contribution in [0.5, 0.6) is 0 Å². The Morgan fingerprint density at radius 2 is 2.09 bits per heavy atom. The number of benzene rings is 1. The maximum absolute atomic E-state index is 13.0. The van der Waals surface area contributed by atoms with Crippen LogP contribution in [0.2, 0.25) is 0 Å². The first-order valence-electron chi connectivity index (χ1n) is 7.48. The lowest BCUT2D eigenvalue weighted by Crippen LogP contribution is -2.45. The maximum atomic E-state index is 13.0. The van der Waals surface area contributed by atoms with Crippen molar-refractivity contribution in [2.24, 2.45) is 5.73 Å². The Balaban J connectivity index is 2.09. The van der Waals surface area contributed by atoms with Crippen molar-refractivity contribution in [1.29, 1.82) is 0 Å². The summed E-state index contributed by atoms with van der Waals surface area (Å²) in [6.45, 7) is 2.79. The monoisotopic (exact) mass is 314 g/mol. The number of nitrogens with zero attached hydrogens (tertiary/aromatic N) is 1. The molecule has 0 radical (unpaired) electrons. The van der Waals surface area contributed by atoms with Gasteiger partial charge in [-0.3, -0.25) is 4.79 Å². The van der Waals surface area contributed by atoms with Crippen molar-refractivity contribution >= 4 is 5.91 Å². The first-order chi connectivity index (χ1) is 10.3. The molecular weight excluding hydrogens is 293 g/mol. The zero-order chi connectivity index (χ0) is 16.3. The molecule has 2 N–H and O–H groups in total. The van der Waals surface area contributed by atoms with Gasteiger partial charge in [-0.15, -0.1) is 0 Å². The third-order valence-corrected chi connectivity index (χ3v) is 4.09. The van der Waals surface area contributed by atoms with Crippen molar-refractivity contribution < 1.29 is 18.0 Å². The molecule has 1 aromatic rings. The summed E-state index contributed by atoms with van der Waals surface area (Å²) in [5.74, 6) is -0.608. The fourth-order valence-corrected chi connectivity index (χ4v) is 2.92. The minimum absolute atomic E-state index is 0.0320. The summed E-state index contributed by atoms with van der Waals surface area (Å²) < 4.78 is 39.1. The van der Waals surface area contributed by atoms with Gasteiger partial charge in [0, 0.05) is 25.6 Å². The maximum Gasteiger partial charge on any atom is 0.416 e. The first-order valence-corrected chi connectivity index (χ1v) is 7.48. The Hall–Kier alpha value is -1.56. The molecule has 0 aromatic heterocycles. The van der Waals surface area contributed by atoms with Crippen molar-refractivity contribution in [2.45, 2.75) is 44.3 Å². The third-order valence-electron chi connectivity index (χ3n) is 4.09. The van der Waals surface area contributed by atoms with E-state index >= 15 is 0 Å². The van der Waals surface area contributed by atoms with Gasteiger partial charge in [0.05, 0.1) is 5.56 Å². The predicted molar refractivity (Wildman–Crippen MR) is 78.3 cm³/mol. The SMILES string of the molecule is C[C@H](CC(=O)N1CCC[C@@H](N)C1)c1ccccc1C(F)(F)F. The van der Waals surface area contributed by atoms with Gasteiger partial charge in [0.1, 0.15) is 0 Å². The van der Waals surface area contributed by atoms with Gasteiger partial charge in [-0.25, -0.2) is 0 Å². The number of hydrogen-bond acceptors (Lipinski definition) is 2. The van der Waals surface area contributed by atoms with Crippen LogP contribution in [0.15, 0.2) is 24.3 Å². The molecule has 6 heteroatoms. The Morgan fingerprint density at radius 1 is 1.41 bits per heavy atom. The number of carbonyl (C=O) groups excluding carboxylic acids is 1. The lowest BCUT2D eigenvalue weighted by atomic mass is 9.92. The van der Waals surface area contributed by atoms with Gasteiger partial charge in [-0.1, -0.05) is 25.1 Å². The molecule has 122 valence electrons. The van der Waals surface area contributed by atoms with Gasteiger partial charge in [0.2, 0.25) is 5.91 Å². The summed E-state index contributed by atoms with van der Waals surface area (Å²) in [7, 11) is 0. The van der Waals surface area contributed by atoms with Crippen LogP contribution in [0.4, 0.5) is 13.2 Å². The molecule has 0 unspecified atom stereocenters. The normalized spacial score (nSPS) is 20.8. The number of likely N-dealkylation sites (tertiary alicyclic amines) is 1. The van der Waals surface area contributed by atoms with Gasteiger partial charge >= 0.3 is 6.18 Å². The molecule has 1 aliphatic heterocycles.